The zero-order chi connectivity index (χ0) is 13.9. The molecule has 0 bridgehead atoms. The van der Waals surface area contributed by atoms with Crippen LogP contribution in [0.25, 0.3) is 11.5 Å². The first-order valence-corrected chi connectivity index (χ1v) is 6.92. The lowest BCUT2D eigenvalue weighted by molar-refractivity contribution is 0.322. The van der Waals surface area contributed by atoms with Crippen LogP contribution < -0.4 is 15.0 Å². The van der Waals surface area contributed by atoms with Gasteiger partial charge in [0.05, 0.1) is 11.3 Å². The van der Waals surface area contributed by atoms with Crippen LogP contribution in [0.3, 0.4) is 0 Å². The molecule has 1 aromatic heterocycles. The van der Waals surface area contributed by atoms with Gasteiger partial charge in [-0.1, -0.05) is 6.07 Å². The Bertz CT molecular complexity index is 593. The van der Waals surface area contributed by atoms with Crippen molar-refractivity contribution in [2.24, 2.45) is 0 Å². The van der Waals surface area contributed by atoms with Gasteiger partial charge in [0.1, 0.15) is 6.61 Å². The van der Waals surface area contributed by atoms with E-state index in [9.17, 15) is 0 Å². The molecule has 1 aliphatic heterocycles. The van der Waals surface area contributed by atoms with Gasteiger partial charge in [0.25, 0.3) is 11.8 Å². The molecule has 3 rings (SSSR count). The summed E-state index contributed by atoms with van der Waals surface area (Å²) in [5, 5.41) is 7.35. The number of hydrogen-bond donors (Lipinski definition) is 1. The van der Waals surface area contributed by atoms with Crippen LogP contribution in [0.15, 0.2) is 22.7 Å². The first-order chi connectivity index (χ1) is 9.83. The van der Waals surface area contributed by atoms with Crippen molar-refractivity contribution in [3.8, 4) is 17.2 Å². The van der Waals surface area contributed by atoms with Gasteiger partial charge in [0.15, 0.2) is 5.75 Å². The van der Waals surface area contributed by atoms with Crippen LogP contribution >= 0.6 is 0 Å². The topological polar surface area (TPSA) is 63.4 Å². The maximum atomic E-state index is 5.73. The van der Waals surface area contributed by atoms with E-state index >= 15 is 0 Å². The Morgan fingerprint density at radius 2 is 2.15 bits per heavy atom. The second-order valence-electron chi connectivity index (χ2n) is 4.53. The fourth-order valence-electron chi connectivity index (χ4n) is 2.30. The van der Waals surface area contributed by atoms with E-state index in [0.717, 1.165) is 36.6 Å². The average molecular weight is 274 g/mol. The second-order valence-corrected chi connectivity index (χ2v) is 4.53. The minimum absolute atomic E-state index is 0.493. The Kier molecular flexibility index (Phi) is 3.45. The summed E-state index contributed by atoms with van der Waals surface area (Å²) in [7, 11) is 0. The normalized spacial score (nSPS) is 13.3. The number of hydrogen-bond acceptors (Lipinski definition) is 6. The lowest BCUT2D eigenvalue weighted by Crippen LogP contribution is -2.22. The Balaban J connectivity index is 1.97. The lowest BCUT2D eigenvalue weighted by Gasteiger charge is -2.20. The monoisotopic (exact) mass is 274 g/mol. The third-order valence-corrected chi connectivity index (χ3v) is 3.37. The van der Waals surface area contributed by atoms with Gasteiger partial charge in [-0.3, -0.25) is 0 Å². The van der Waals surface area contributed by atoms with E-state index in [2.05, 4.69) is 29.3 Å². The van der Waals surface area contributed by atoms with Gasteiger partial charge in [-0.05, 0) is 31.1 Å². The van der Waals surface area contributed by atoms with Gasteiger partial charge < -0.3 is 19.5 Å². The number of ether oxygens (including phenoxy) is 1. The Labute approximate surface area is 117 Å². The molecule has 0 radical (unpaired) electrons. The number of benzene rings is 1. The zero-order valence-corrected chi connectivity index (χ0v) is 11.7. The average Bonchev–Trinajstić information content (AvgIpc) is 2.97. The molecule has 6 nitrogen and oxygen atoms in total. The number of para-hydroxylation sites is 1. The molecule has 1 aliphatic rings. The molecule has 1 N–H and O–H groups in total. The van der Waals surface area contributed by atoms with Crippen molar-refractivity contribution in [3.05, 3.63) is 18.2 Å². The Morgan fingerprint density at radius 3 is 2.95 bits per heavy atom. The van der Waals surface area contributed by atoms with E-state index in [-0.39, 0.29) is 0 Å². The van der Waals surface area contributed by atoms with Crippen molar-refractivity contribution in [2.45, 2.75) is 13.8 Å². The molecule has 0 saturated heterocycles. The second kappa shape index (κ2) is 5.40. The lowest BCUT2D eigenvalue weighted by atomic mass is 10.1. The van der Waals surface area contributed by atoms with Crippen LogP contribution in [0.2, 0.25) is 0 Å². The van der Waals surface area contributed by atoms with Crippen molar-refractivity contribution in [1.82, 2.24) is 10.1 Å². The number of nitrogens with one attached hydrogen (secondary N) is 1. The molecule has 0 unspecified atom stereocenters. The SMILES string of the molecule is CCN(CC)c1noc(-c2cccc3c2OCCN3)n1. The van der Waals surface area contributed by atoms with E-state index in [0.29, 0.717) is 18.4 Å². The predicted octanol–water partition coefficient (Wildman–Crippen LogP) is 2.39. The number of nitrogens with zero attached hydrogens (tertiary/aromatic N) is 3. The van der Waals surface area contributed by atoms with Crippen LogP contribution in [0.4, 0.5) is 11.6 Å². The summed E-state index contributed by atoms with van der Waals surface area (Å²) in [4.78, 5) is 6.51. The standard InChI is InChI=1S/C14H18N4O2/c1-3-18(4-2)14-16-13(20-17-14)10-6-5-7-11-12(10)19-9-8-15-11/h5-7,15H,3-4,8-9H2,1-2H3. The molecule has 0 fully saturated rings. The smallest absolute Gasteiger partial charge is 0.266 e. The highest BCUT2D eigenvalue weighted by Crippen LogP contribution is 2.37. The van der Waals surface area contributed by atoms with Gasteiger partial charge in [0.2, 0.25) is 0 Å². The van der Waals surface area contributed by atoms with E-state index in [4.69, 9.17) is 9.26 Å². The van der Waals surface area contributed by atoms with Gasteiger partial charge in [0, 0.05) is 19.6 Å². The van der Waals surface area contributed by atoms with Gasteiger partial charge in [-0.2, -0.15) is 4.98 Å². The van der Waals surface area contributed by atoms with E-state index in [1.807, 2.05) is 23.1 Å². The molecule has 0 saturated carbocycles. The quantitative estimate of drug-likeness (QED) is 0.923. The van der Waals surface area contributed by atoms with Gasteiger partial charge in [-0.15, -0.1) is 0 Å². The first kappa shape index (κ1) is 12.8. The fourth-order valence-corrected chi connectivity index (χ4v) is 2.30. The molecule has 2 heterocycles. The Hall–Kier alpha value is -2.24. The fraction of sp³-hybridized carbons (Fsp3) is 0.429. The third-order valence-electron chi connectivity index (χ3n) is 3.37. The summed E-state index contributed by atoms with van der Waals surface area (Å²) in [6.45, 7) is 7.28. The predicted molar refractivity (Wildman–Crippen MR) is 77.3 cm³/mol. The van der Waals surface area contributed by atoms with Crippen LogP contribution in [0.5, 0.6) is 5.75 Å². The molecule has 0 amide bonds. The highest BCUT2D eigenvalue weighted by molar-refractivity contribution is 5.74. The Morgan fingerprint density at radius 1 is 1.30 bits per heavy atom. The van der Waals surface area contributed by atoms with Crippen molar-refractivity contribution >= 4 is 11.6 Å². The van der Waals surface area contributed by atoms with Crippen molar-refractivity contribution in [2.75, 3.05) is 36.5 Å². The molecule has 2 aromatic rings. The van der Waals surface area contributed by atoms with Crippen molar-refractivity contribution < 1.29 is 9.26 Å². The van der Waals surface area contributed by atoms with Gasteiger partial charge >= 0.3 is 0 Å². The minimum Gasteiger partial charge on any atom is -0.489 e. The van der Waals surface area contributed by atoms with Gasteiger partial charge in [-0.25, -0.2) is 0 Å². The molecular formula is C14H18N4O2. The highest BCUT2D eigenvalue weighted by atomic mass is 16.5. The van der Waals surface area contributed by atoms with E-state index in [1.54, 1.807) is 0 Å². The zero-order valence-electron chi connectivity index (χ0n) is 11.7. The van der Waals surface area contributed by atoms with Crippen LogP contribution in [0, 0.1) is 0 Å². The summed E-state index contributed by atoms with van der Waals surface area (Å²) in [5.41, 5.74) is 1.80. The molecule has 6 heteroatoms. The molecule has 0 aliphatic carbocycles. The third kappa shape index (κ3) is 2.17. The number of fused-ring (bicyclic) bond motifs is 1. The molecule has 0 spiro atoms. The summed E-state index contributed by atoms with van der Waals surface area (Å²) in [6, 6.07) is 5.88. The summed E-state index contributed by atoms with van der Waals surface area (Å²) < 4.78 is 11.1. The number of anilines is 2. The van der Waals surface area contributed by atoms with E-state index in [1.165, 1.54) is 0 Å². The molecular weight excluding hydrogens is 256 g/mol. The molecule has 0 atom stereocenters. The summed E-state index contributed by atoms with van der Waals surface area (Å²) >= 11 is 0. The van der Waals surface area contributed by atoms with E-state index < -0.39 is 0 Å². The van der Waals surface area contributed by atoms with Crippen molar-refractivity contribution in [1.29, 1.82) is 0 Å². The first-order valence-electron chi connectivity index (χ1n) is 6.92. The molecule has 1 aromatic carbocycles. The number of aromatic nitrogens is 2. The highest BCUT2D eigenvalue weighted by Gasteiger charge is 2.20. The number of rotatable bonds is 4. The summed E-state index contributed by atoms with van der Waals surface area (Å²) in [5.74, 6) is 1.90. The van der Waals surface area contributed by atoms with Crippen LogP contribution in [0.1, 0.15) is 13.8 Å². The maximum absolute atomic E-state index is 5.73. The molecule has 20 heavy (non-hydrogen) atoms. The van der Waals surface area contributed by atoms with Crippen LogP contribution in [-0.2, 0) is 0 Å². The minimum atomic E-state index is 0.493. The summed E-state index contributed by atoms with van der Waals surface area (Å²) in [6.07, 6.45) is 0. The van der Waals surface area contributed by atoms with Crippen molar-refractivity contribution in [3.63, 3.8) is 0 Å². The molecule has 106 valence electrons. The van der Waals surface area contributed by atoms with Crippen LogP contribution in [-0.4, -0.2) is 36.4 Å². The maximum Gasteiger partial charge on any atom is 0.266 e. The largest absolute Gasteiger partial charge is 0.489 e.